The number of aryl methyl sites for hydroxylation is 1. The third-order valence-corrected chi connectivity index (χ3v) is 2.05. The molecular weight excluding hydrogens is 229 g/mol. The minimum absolute atomic E-state index is 0.0445. The van der Waals surface area contributed by atoms with Gasteiger partial charge in [-0.15, -0.1) is 0 Å². The van der Waals surface area contributed by atoms with Crippen molar-refractivity contribution in [1.82, 2.24) is 0 Å². The highest BCUT2D eigenvalue weighted by Crippen LogP contribution is 2.29. The van der Waals surface area contributed by atoms with Gasteiger partial charge in [0.25, 0.3) is 0 Å². The Morgan fingerprint density at radius 1 is 1.33 bits per heavy atom. The molecule has 0 fully saturated rings. The summed E-state index contributed by atoms with van der Waals surface area (Å²) in [5, 5.41) is -0.549. The van der Waals surface area contributed by atoms with Gasteiger partial charge < -0.3 is 0 Å². The van der Waals surface area contributed by atoms with Crippen LogP contribution in [0, 0.1) is 0 Å². The lowest BCUT2D eigenvalue weighted by Crippen LogP contribution is -2.05. The van der Waals surface area contributed by atoms with Crippen LogP contribution in [0.3, 0.4) is 0 Å². The minimum Gasteiger partial charge on any atom is -0.281 e. The molecule has 0 bridgehead atoms. The minimum atomic E-state index is -4.35. The lowest BCUT2D eigenvalue weighted by molar-refractivity contribution is -0.137. The van der Waals surface area contributed by atoms with Gasteiger partial charge in [0.15, 0.2) is 0 Å². The summed E-state index contributed by atoms with van der Waals surface area (Å²) in [6, 6.07) is 4.87. The fourth-order valence-corrected chi connectivity index (χ4v) is 1.24. The Morgan fingerprint density at radius 2 is 2.00 bits per heavy atom. The van der Waals surface area contributed by atoms with E-state index >= 15 is 0 Å². The molecule has 5 heteroatoms. The zero-order chi connectivity index (χ0) is 11.5. The largest absolute Gasteiger partial charge is 0.416 e. The summed E-state index contributed by atoms with van der Waals surface area (Å²) in [6.07, 6.45) is -4.07. The fraction of sp³-hybridized carbons (Fsp3) is 0.300. The molecular formula is C10H8ClF3O. The van der Waals surface area contributed by atoms with E-state index in [9.17, 15) is 18.0 Å². The zero-order valence-electron chi connectivity index (χ0n) is 7.64. The van der Waals surface area contributed by atoms with E-state index in [0.717, 1.165) is 12.1 Å². The number of rotatable bonds is 3. The van der Waals surface area contributed by atoms with Crippen molar-refractivity contribution in [2.24, 2.45) is 0 Å². The third-order valence-electron chi connectivity index (χ3n) is 1.86. The molecule has 82 valence electrons. The van der Waals surface area contributed by atoms with Crippen molar-refractivity contribution in [1.29, 1.82) is 0 Å². The third kappa shape index (κ3) is 3.91. The van der Waals surface area contributed by atoms with Crippen molar-refractivity contribution in [2.45, 2.75) is 19.0 Å². The highest BCUT2D eigenvalue weighted by molar-refractivity contribution is 6.63. The van der Waals surface area contributed by atoms with Crippen molar-refractivity contribution in [3.05, 3.63) is 35.4 Å². The molecule has 0 aromatic heterocycles. The van der Waals surface area contributed by atoms with Gasteiger partial charge in [-0.05, 0) is 29.7 Å². The first-order valence-corrected chi connectivity index (χ1v) is 4.62. The van der Waals surface area contributed by atoms with E-state index in [1.165, 1.54) is 12.1 Å². The fourth-order valence-electron chi connectivity index (χ4n) is 1.15. The Hall–Kier alpha value is -1.03. The molecule has 0 spiro atoms. The van der Waals surface area contributed by atoms with Crippen molar-refractivity contribution in [3.8, 4) is 0 Å². The van der Waals surface area contributed by atoms with E-state index in [0.29, 0.717) is 5.56 Å². The molecule has 1 nitrogen and oxygen atoms in total. The van der Waals surface area contributed by atoms with Gasteiger partial charge in [0.05, 0.1) is 5.56 Å². The van der Waals surface area contributed by atoms with Crippen molar-refractivity contribution in [2.75, 3.05) is 0 Å². The van der Waals surface area contributed by atoms with Crippen LogP contribution in [0.25, 0.3) is 0 Å². The van der Waals surface area contributed by atoms with Crippen LogP contribution in [0.15, 0.2) is 24.3 Å². The normalized spacial score (nSPS) is 11.5. The summed E-state index contributed by atoms with van der Waals surface area (Å²) in [5.41, 5.74) is -0.249. The van der Waals surface area contributed by atoms with Crippen LogP contribution in [-0.4, -0.2) is 5.24 Å². The highest BCUT2D eigenvalue weighted by atomic mass is 35.5. The van der Waals surface area contributed by atoms with E-state index in [2.05, 4.69) is 0 Å². The summed E-state index contributed by atoms with van der Waals surface area (Å²) in [6.45, 7) is 0. The molecule has 0 aliphatic heterocycles. The van der Waals surface area contributed by atoms with Crippen molar-refractivity contribution >= 4 is 16.8 Å². The maximum absolute atomic E-state index is 12.3. The van der Waals surface area contributed by atoms with Crippen LogP contribution in [0.5, 0.6) is 0 Å². The SMILES string of the molecule is O=C(Cl)CCc1cccc(C(F)(F)F)c1. The number of carbonyl (C=O) groups excluding carboxylic acids is 1. The van der Waals surface area contributed by atoms with Gasteiger partial charge in [-0.1, -0.05) is 18.2 Å². The van der Waals surface area contributed by atoms with Gasteiger partial charge in [0, 0.05) is 6.42 Å². The molecule has 0 atom stereocenters. The molecule has 0 N–H and O–H groups in total. The van der Waals surface area contributed by atoms with Gasteiger partial charge in [-0.25, -0.2) is 0 Å². The van der Waals surface area contributed by atoms with E-state index in [1.807, 2.05) is 0 Å². The van der Waals surface area contributed by atoms with Crippen LogP contribution in [-0.2, 0) is 17.4 Å². The second-order valence-electron chi connectivity index (χ2n) is 3.05. The molecule has 15 heavy (non-hydrogen) atoms. The highest BCUT2D eigenvalue weighted by Gasteiger charge is 2.30. The summed E-state index contributed by atoms with van der Waals surface area (Å²) < 4.78 is 36.8. The second kappa shape index (κ2) is 4.66. The first kappa shape index (κ1) is 12.0. The maximum Gasteiger partial charge on any atom is 0.416 e. The predicted molar refractivity (Wildman–Crippen MR) is 50.6 cm³/mol. The number of carbonyl (C=O) groups is 1. The average Bonchev–Trinajstić information content (AvgIpc) is 2.14. The average molecular weight is 237 g/mol. The van der Waals surface area contributed by atoms with E-state index < -0.39 is 17.0 Å². The summed E-state index contributed by atoms with van der Waals surface area (Å²) in [4.78, 5) is 10.4. The van der Waals surface area contributed by atoms with Crippen LogP contribution < -0.4 is 0 Å². The van der Waals surface area contributed by atoms with Gasteiger partial charge >= 0.3 is 6.18 Å². The van der Waals surface area contributed by atoms with Crippen molar-refractivity contribution in [3.63, 3.8) is 0 Å². The second-order valence-corrected chi connectivity index (χ2v) is 3.47. The smallest absolute Gasteiger partial charge is 0.281 e. The molecule has 1 rings (SSSR count). The van der Waals surface area contributed by atoms with Gasteiger partial charge in [0.2, 0.25) is 5.24 Å². The first-order valence-electron chi connectivity index (χ1n) is 4.24. The van der Waals surface area contributed by atoms with Gasteiger partial charge in [-0.3, -0.25) is 4.79 Å². The monoisotopic (exact) mass is 236 g/mol. The Bertz CT molecular complexity index is 360. The van der Waals surface area contributed by atoms with E-state index in [-0.39, 0.29) is 12.8 Å². The van der Waals surface area contributed by atoms with Crippen LogP contribution >= 0.6 is 11.6 Å². The number of benzene rings is 1. The molecule has 0 amide bonds. The number of halogens is 4. The van der Waals surface area contributed by atoms with Crippen LogP contribution in [0.2, 0.25) is 0 Å². The summed E-state index contributed by atoms with van der Waals surface area (Å²) in [5.74, 6) is 0. The predicted octanol–water partition coefficient (Wildman–Crippen LogP) is 3.40. The molecule has 0 saturated carbocycles. The molecule has 0 radical (unpaired) electrons. The zero-order valence-corrected chi connectivity index (χ0v) is 8.40. The first-order chi connectivity index (χ1) is 6.89. The van der Waals surface area contributed by atoms with Crippen LogP contribution in [0.1, 0.15) is 17.5 Å². The number of hydrogen-bond donors (Lipinski definition) is 0. The molecule has 1 aromatic carbocycles. The Morgan fingerprint density at radius 3 is 2.53 bits per heavy atom. The number of alkyl halides is 3. The van der Waals surface area contributed by atoms with Crippen LogP contribution in [0.4, 0.5) is 13.2 Å². The van der Waals surface area contributed by atoms with Gasteiger partial charge in [-0.2, -0.15) is 13.2 Å². The molecule has 0 aliphatic carbocycles. The molecule has 0 unspecified atom stereocenters. The summed E-state index contributed by atoms with van der Waals surface area (Å²) >= 11 is 5.10. The van der Waals surface area contributed by atoms with Gasteiger partial charge in [0.1, 0.15) is 0 Å². The topological polar surface area (TPSA) is 17.1 Å². The Balaban J connectivity index is 2.79. The van der Waals surface area contributed by atoms with E-state index in [4.69, 9.17) is 11.6 Å². The Labute approximate surface area is 89.9 Å². The molecule has 0 aliphatic rings. The van der Waals surface area contributed by atoms with E-state index in [1.54, 1.807) is 0 Å². The lowest BCUT2D eigenvalue weighted by Gasteiger charge is -2.07. The molecule has 0 heterocycles. The number of hydrogen-bond acceptors (Lipinski definition) is 1. The Kier molecular flexibility index (Phi) is 3.74. The molecule has 0 saturated heterocycles. The standard InChI is InChI=1S/C10H8ClF3O/c11-9(15)5-4-7-2-1-3-8(6-7)10(12,13)14/h1-3,6H,4-5H2. The maximum atomic E-state index is 12.3. The lowest BCUT2D eigenvalue weighted by atomic mass is 10.1. The molecule has 1 aromatic rings. The quantitative estimate of drug-likeness (QED) is 0.735. The summed E-state index contributed by atoms with van der Waals surface area (Å²) in [7, 11) is 0. The van der Waals surface area contributed by atoms with Crippen molar-refractivity contribution < 1.29 is 18.0 Å².